The van der Waals surface area contributed by atoms with Crippen LogP contribution < -0.4 is 5.32 Å². The number of rotatable bonds is 4. The lowest BCUT2D eigenvalue weighted by Crippen LogP contribution is -2.34. The molecule has 2 aromatic rings. The van der Waals surface area contributed by atoms with Gasteiger partial charge in [0.25, 0.3) is 5.91 Å². The van der Waals surface area contributed by atoms with E-state index in [4.69, 9.17) is 0 Å². The summed E-state index contributed by atoms with van der Waals surface area (Å²) in [6.07, 6.45) is 2.15. The lowest BCUT2D eigenvalue weighted by molar-refractivity contribution is 0.0930. The summed E-state index contributed by atoms with van der Waals surface area (Å²) in [4.78, 5) is 16.6. The molecular weight excluding hydrogens is 224 g/mol. The van der Waals surface area contributed by atoms with E-state index in [-0.39, 0.29) is 17.8 Å². The second-order valence-corrected chi connectivity index (χ2v) is 4.52. The molecule has 0 bridgehead atoms. The van der Waals surface area contributed by atoms with Crippen LogP contribution in [0, 0.1) is 0 Å². The molecule has 0 saturated carbocycles. The summed E-state index contributed by atoms with van der Waals surface area (Å²) < 4.78 is 0. The Balaban J connectivity index is 1.88. The number of aromatic amines is 1. The van der Waals surface area contributed by atoms with Crippen molar-refractivity contribution in [1.29, 1.82) is 0 Å². The van der Waals surface area contributed by atoms with Crippen molar-refractivity contribution in [2.75, 3.05) is 0 Å². The van der Waals surface area contributed by atoms with Crippen molar-refractivity contribution in [3.8, 4) is 0 Å². The van der Waals surface area contributed by atoms with Crippen LogP contribution in [-0.4, -0.2) is 27.1 Å². The first kappa shape index (κ1) is 10.8. The van der Waals surface area contributed by atoms with Gasteiger partial charge in [-0.25, -0.2) is 4.98 Å². The van der Waals surface area contributed by atoms with Crippen LogP contribution in [0.3, 0.4) is 0 Å². The van der Waals surface area contributed by atoms with E-state index in [1.807, 2.05) is 18.4 Å². The molecule has 0 aromatic carbocycles. The van der Waals surface area contributed by atoms with E-state index in [0.29, 0.717) is 0 Å². The van der Waals surface area contributed by atoms with Gasteiger partial charge in [0, 0.05) is 17.3 Å². The summed E-state index contributed by atoms with van der Waals surface area (Å²) in [6.45, 7) is 1.97. The van der Waals surface area contributed by atoms with Crippen molar-refractivity contribution in [3.05, 3.63) is 34.5 Å². The van der Waals surface area contributed by atoms with Crippen molar-refractivity contribution in [1.82, 2.24) is 20.5 Å². The van der Waals surface area contributed by atoms with E-state index in [1.165, 1.54) is 11.2 Å². The monoisotopic (exact) mass is 236 g/mol. The summed E-state index contributed by atoms with van der Waals surface area (Å²) in [5, 5.41) is 11.0. The Morgan fingerprint density at radius 3 is 3.19 bits per heavy atom. The number of hydrogen-bond acceptors (Lipinski definition) is 4. The maximum absolute atomic E-state index is 11.6. The van der Waals surface area contributed by atoms with Gasteiger partial charge in [-0.1, -0.05) is 6.07 Å². The number of carbonyl (C=O) groups excluding carboxylic acids is 1. The number of aromatic nitrogens is 3. The topological polar surface area (TPSA) is 70.7 Å². The van der Waals surface area contributed by atoms with E-state index in [2.05, 4.69) is 26.6 Å². The fourth-order valence-electron chi connectivity index (χ4n) is 1.39. The molecule has 2 heterocycles. The van der Waals surface area contributed by atoms with Gasteiger partial charge in [-0.15, -0.1) is 11.3 Å². The number of hydrogen-bond donors (Lipinski definition) is 2. The molecule has 0 aliphatic heterocycles. The highest BCUT2D eigenvalue weighted by Crippen LogP contribution is 2.10. The summed E-state index contributed by atoms with van der Waals surface area (Å²) in [7, 11) is 0. The predicted octanol–water partition coefficient (Wildman–Crippen LogP) is 1.23. The average Bonchev–Trinajstić information content (AvgIpc) is 2.88. The highest BCUT2D eigenvalue weighted by Gasteiger charge is 2.12. The van der Waals surface area contributed by atoms with Gasteiger partial charge in [0.1, 0.15) is 6.33 Å². The number of carbonyl (C=O) groups is 1. The fraction of sp³-hybridized carbons (Fsp3) is 0.300. The lowest BCUT2D eigenvalue weighted by atomic mass is 10.2. The van der Waals surface area contributed by atoms with E-state index in [0.717, 1.165) is 6.42 Å². The minimum atomic E-state index is -0.221. The van der Waals surface area contributed by atoms with Crippen LogP contribution in [0.25, 0.3) is 0 Å². The highest BCUT2D eigenvalue weighted by atomic mass is 32.1. The summed E-state index contributed by atoms with van der Waals surface area (Å²) >= 11 is 1.69. The van der Waals surface area contributed by atoms with E-state index < -0.39 is 0 Å². The molecular formula is C10H12N4OS. The molecule has 0 aliphatic rings. The molecule has 5 nitrogen and oxygen atoms in total. The number of amides is 1. The zero-order valence-electron chi connectivity index (χ0n) is 8.80. The Kier molecular flexibility index (Phi) is 3.31. The first-order valence-corrected chi connectivity index (χ1v) is 5.82. The quantitative estimate of drug-likeness (QED) is 0.838. The van der Waals surface area contributed by atoms with Crippen molar-refractivity contribution >= 4 is 17.2 Å². The second-order valence-electron chi connectivity index (χ2n) is 3.49. The number of thiophene rings is 1. The Hall–Kier alpha value is -1.69. The number of H-pyrrole nitrogens is 1. The Labute approximate surface area is 96.9 Å². The molecule has 0 saturated heterocycles. The third kappa shape index (κ3) is 2.66. The average molecular weight is 236 g/mol. The summed E-state index contributed by atoms with van der Waals surface area (Å²) in [5.41, 5.74) is 0. The van der Waals surface area contributed by atoms with Crippen molar-refractivity contribution < 1.29 is 4.79 Å². The summed E-state index contributed by atoms with van der Waals surface area (Å²) in [6, 6.07) is 4.14. The van der Waals surface area contributed by atoms with Crippen LogP contribution in [0.5, 0.6) is 0 Å². The molecule has 0 spiro atoms. The Morgan fingerprint density at radius 1 is 1.69 bits per heavy atom. The van der Waals surface area contributed by atoms with Gasteiger partial charge in [0.2, 0.25) is 5.82 Å². The second kappa shape index (κ2) is 4.89. The zero-order chi connectivity index (χ0) is 11.4. The third-order valence-electron chi connectivity index (χ3n) is 2.10. The maximum Gasteiger partial charge on any atom is 0.288 e. The number of nitrogens with one attached hydrogen (secondary N) is 2. The SMILES string of the molecule is CC(Cc1cccs1)NC(=O)c1ncn[nH]1. The van der Waals surface area contributed by atoms with Crippen molar-refractivity contribution in [2.45, 2.75) is 19.4 Å². The Morgan fingerprint density at radius 2 is 2.56 bits per heavy atom. The van der Waals surface area contributed by atoms with Gasteiger partial charge in [-0.3, -0.25) is 9.89 Å². The Bertz CT molecular complexity index is 437. The molecule has 0 aliphatic carbocycles. The number of nitrogens with zero attached hydrogens (tertiary/aromatic N) is 2. The standard InChI is InChI=1S/C10H12N4OS/c1-7(5-8-3-2-4-16-8)13-10(15)9-11-6-12-14-9/h2-4,6-7H,5H2,1H3,(H,13,15)(H,11,12,14). The first-order valence-electron chi connectivity index (χ1n) is 4.94. The molecule has 0 fully saturated rings. The van der Waals surface area contributed by atoms with Crippen molar-refractivity contribution in [2.24, 2.45) is 0 Å². The molecule has 16 heavy (non-hydrogen) atoms. The predicted molar refractivity (Wildman–Crippen MR) is 61.3 cm³/mol. The van der Waals surface area contributed by atoms with Crippen LogP contribution in [0.2, 0.25) is 0 Å². The zero-order valence-corrected chi connectivity index (χ0v) is 9.62. The van der Waals surface area contributed by atoms with Crippen LogP contribution in [0.15, 0.2) is 23.8 Å². The van der Waals surface area contributed by atoms with Gasteiger partial charge in [0.15, 0.2) is 0 Å². The van der Waals surface area contributed by atoms with Gasteiger partial charge >= 0.3 is 0 Å². The maximum atomic E-state index is 11.6. The minimum absolute atomic E-state index is 0.0799. The lowest BCUT2D eigenvalue weighted by Gasteiger charge is -2.11. The fourth-order valence-corrected chi connectivity index (χ4v) is 2.22. The van der Waals surface area contributed by atoms with Gasteiger partial charge in [-0.05, 0) is 18.4 Å². The van der Waals surface area contributed by atoms with Gasteiger partial charge in [-0.2, -0.15) is 5.10 Å². The largest absolute Gasteiger partial charge is 0.347 e. The van der Waals surface area contributed by atoms with Gasteiger partial charge in [0.05, 0.1) is 0 Å². The molecule has 0 radical (unpaired) electrons. The van der Waals surface area contributed by atoms with Gasteiger partial charge < -0.3 is 5.32 Å². The van der Waals surface area contributed by atoms with Crippen LogP contribution >= 0.6 is 11.3 Å². The normalized spacial score (nSPS) is 12.3. The van der Waals surface area contributed by atoms with E-state index in [1.54, 1.807) is 11.3 Å². The van der Waals surface area contributed by atoms with Crippen molar-refractivity contribution in [3.63, 3.8) is 0 Å². The minimum Gasteiger partial charge on any atom is -0.347 e. The molecule has 2 rings (SSSR count). The van der Waals surface area contributed by atoms with E-state index >= 15 is 0 Å². The molecule has 1 unspecified atom stereocenters. The highest BCUT2D eigenvalue weighted by molar-refractivity contribution is 7.09. The first-order chi connectivity index (χ1) is 7.75. The molecule has 1 amide bonds. The molecule has 84 valence electrons. The molecule has 2 N–H and O–H groups in total. The summed E-state index contributed by atoms with van der Waals surface area (Å²) in [5.74, 6) is 0.0274. The van der Waals surface area contributed by atoms with Crippen LogP contribution in [0.1, 0.15) is 22.4 Å². The third-order valence-corrected chi connectivity index (χ3v) is 2.99. The molecule has 2 aromatic heterocycles. The molecule has 1 atom stereocenters. The smallest absolute Gasteiger partial charge is 0.288 e. The molecule has 6 heteroatoms. The van der Waals surface area contributed by atoms with E-state index in [9.17, 15) is 4.79 Å². The van der Waals surface area contributed by atoms with Crippen LogP contribution in [0.4, 0.5) is 0 Å². The van der Waals surface area contributed by atoms with Crippen LogP contribution in [-0.2, 0) is 6.42 Å².